The van der Waals surface area contributed by atoms with E-state index in [2.05, 4.69) is 18.2 Å². The van der Waals surface area contributed by atoms with Crippen molar-refractivity contribution in [3.63, 3.8) is 0 Å². The molecule has 0 amide bonds. The van der Waals surface area contributed by atoms with E-state index in [1.165, 1.54) is 25.7 Å². The lowest BCUT2D eigenvalue weighted by molar-refractivity contribution is 0.0975. The van der Waals surface area contributed by atoms with Crippen molar-refractivity contribution in [3.05, 3.63) is 48.0 Å². The molecule has 0 unspecified atom stereocenters. The second-order valence-electron chi connectivity index (χ2n) is 5.64. The average molecular weight is 252 g/mol. The molecule has 0 aliphatic heterocycles. The average Bonchev–Trinajstić information content (AvgIpc) is 2.97. The summed E-state index contributed by atoms with van der Waals surface area (Å²) in [7, 11) is 0. The molecule has 19 heavy (non-hydrogen) atoms. The molecule has 0 N–H and O–H groups in total. The number of rotatable bonds is 4. The molecule has 0 aromatic heterocycles. The van der Waals surface area contributed by atoms with E-state index in [9.17, 15) is 4.79 Å². The Bertz CT molecular complexity index is 574. The Balaban J connectivity index is 1.77. The molecule has 1 aliphatic carbocycles. The monoisotopic (exact) mass is 252 g/mol. The first-order valence-electron chi connectivity index (χ1n) is 7.35. The molecular weight excluding hydrogens is 232 g/mol. The van der Waals surface area contributed by atoms with Crippen LogP contribution in [0.1, 0.15) is 48.9 Å². The molecule has 2 aromatic carbocycles. The van der Waals surface area contributed by atoms with Crippen molar-refractivity contribution in [2.75, 3.05) is 0 Å². The van der Waals surface area contributed by atoms with Gasteiger partial charge in [0.25, 0.3) is 0 Å². The molecule has 1 heteroatoms. The molecule has 0 radical (unpaired) electrons. The van der Waals surface area contributed by atoms with Crippen LogP contribution in [0.25, 0.3) is 10.8 Å². The van der Waals surface area contributed by atoms with Crippen molar-refractivity contribution in [1.82, 2.24) is 0 Å². The SMILES string of the molecule is O=C(CCC1CCCC1)c1cccc2ccccc12. The van der Waals surface area contributed by atoms with Gasteiger partial charge in [0.05, 0.1) is 0 Å². The van der Waals surface area contributed by atoms with E-state index in [1.807, 2.05) is 24.3 Å². The number of fused-ring (bicyclic) bond motifs is 1. The van der Waals surface area contributed by atoms with Gasteiger partial charge in [0, 0.05) is 12.0 Å². The van der Waals surface area contributed by atoms with Crippen LogP contribution in [-0.2, 0) is 0 Å². The summed E-state index contributed by atoms with van der Waals surface area (Å²) in [6.07, 6.45) is 7.13. The summed E-state index contributed by atoms with van der Waals surface area (Å²) in [5.41, 5.74) is 0.899. The molecular formula is C18H20O. The Hall–Kier alpha value is -1.63. The smallest absolute Gasteiger partial charge is 0.163 e. The Morgan fingerprint density at radius 2 is 1.74 bits per heavy atom. The topological polar surface area (TPSA) is 17.1 Å². The molecule has 0 heterocycles. The van der Waals surface area contributed by atoms with Gasteiger partial charge in [0.1, 0.15) is 0 Å². The third kappa shape index (κ3) is 2.70. The number of carbonyl (C=O) groups is 1. The van der Waals surface area contributed by atoms with E-state index >= 15 is 0 Å². The van der Waals surface area contributed by atoms with E-state index < -0.39 is 0 Å². The van der Waals surface area contributed by atoms with Crippen molar-refractivity contribution in [2.24, 2.45) is 5.92 Å². The summed E-state index contributed by atoms with van der Waals surface area (Å²) in [4.78, 5) is 12.4. The fourth-order valence-electron chi connectivity index (χ4n) is 3.24. The number of hydrogen-bond acceptors (Lipinski definition) is 1. The second-order valence-corrected chi connectivity index (χ2v) is 5.64. The highest BCUT2D eigenvalue weighted by atomic mass is 16.1. The van der Waals surface area contributed by atoms with Gasteiger partial charge in [0.15, 0.2) is 5.78 Å². The van der Waals surface area contributed by atoms with Crippen molar-refractivity contribution in [3.8, 4) is 0 Å². The minimum absolute atomic E-state index is 0.309. The van der Waals surface area contributed by atoms with Gasteiger partial charge in [-0.25, -0.2) is 0 Å². The Morgan fingerprint density at radius 1 is 1.00 bits per heavy atom. The van der Waals surface area contributed by atoms with Crippen LogP contribution in [0.4, 0.5) is 0 Å². The summed E-state index contributed by atoms with van der Waals surface area (Å²) >= 11 is 0. The predicted octanol–water partition coefficient (Wildman–Crippen LogP) is 4.99. The number of Topliss-reactive ketones (excluding diaryl/α,β-unsaturated/α-hetero) is 1. The van der Waals surface area contributed by atoms with Gasteiger partial charge in [0.2, 0.25) is 0 Å². The second kappa shape index (κ2) is 5.56. The zero-order valence-electron chi connectivity index (χ0n) is 11.3. The van der Waals surface area contributed by atoms with Gasteiger partial charge < -0.3 is 0 Å². The minimum atomic E-state index is 0.309. The first-order chi connectivity index (χ1) is 9.34. The molecule has 1 nitrogen and oxygen atoms in total. The molecule has 0 atom stereocenters. The van der Waals surface area contributed by atoms with E-state index in [4.69, 9.17) is 0 Å². The molecule has 1 fully saturated rings. The molecule has 0 saturated heterocycles. The number of carbonyl (C=O) groups excluding carboxylic acids is 1. The van der Waals surface area contributed by atoms with Gasteiger partial charge in [-0.3, -0.25) is 4.79 Å². The fraction of sp³-hybridized carbons (Fsp3) is 0.389. The molecule has 1 aliphatic rings. The first kappa shape index (κ1) is 12.4. The highest BCUT2D eigenvalue weighted by Crippen LogP contribution is 2.29. The van der Waals surface area contributed by atoms with Crippen molar-refractivity contribution in [1.29, 1.82) is 0 Å². The zero-order chi connectivity index (χ0) is 13.1. The standard InChI is InChI=1S/C18H20O/c19-18(13-12-14-6-1-2-7-14)17-11-5-9-15-8-3-4-10-16(15)17/h3-5,8-11,14H,1-2,6-7,12-13H2. The van der Waals surface area contributed by atoms with Gasteiger partial charge in [-0.15, -0.1) is 0 Å². The van der Waals surface area contributed by atoms with Crippen LogP contribution in [0, 0.1) is 5.92 Å². The minimum Gasteiger partial charge on any atom is -0.294 e. The summed E-state index contributed by atoms with van der Waals surface area (Å²) in [5.74, 6) is 1.10. The van der Waals surface area contributed by atoms with Gasteiger partial charge in [-0.05, 0) is 23.1 Å². The summed E-state index contributed by atoms with van der Waals surface area (Å²) < 4.78 is 0. The number of ketones is 1. The highest BCUT2D eigenvalue weighted by Gasteiger charge is 2.17. The summed E-state index contributed by atoms with van der Waals surface area (Å²) in [6, 6.07) is 14.2. The maximum absolute atomic E-state index is 12.4. The van der Waals surface area contributed by atoms with Crippen LogP contribution in [0.3, 0.4) is 0 Å². The zero-order valence-corrected chi connectivity index (χ0v) is 11.3. The molecule has 0 bridgehead atoms. The molecule has 3 rings (SSSR count). The van der Waals surface area contributed by atoms with Crippen LogP contribution in [-0.4, -0.2) is 5.78 Å². The largest absolute Gasteiger partial charge is 0.294 e. The molecule has 98 valence electrons. The van der Waals surface area contributed by atoms with Crippen LogP contribution < -0.4 is 0 Å². The third-order valence-corrected chi connectivity index (χ3v) is 4.34. The Morgan fingerprint density at radius 3 is 2.58 bits per heavy atom. The quantitative estimate of drug-likeness (QED) is 0.700. The van der Waals surface area contributed by atoms with Crippen molar-refractivity contribution < 1.29 is 4.79 Å². The van der Waals surface area contributed by atoms with E-state index in [1.54, 1.807) is 0 Å². The number of hydrogen-bond donors (Lipinski definition) is 0. The lowest BCUT2D eigenvalue weighted by Crippen LogP contribution is -2.03. The third-order valence-electron chi connectivity index (χ3n) is 4.34. The van der Waals surface area contributed by atoms with Crippen LogP contribution in [0.15, 0.2) is 42.5 Å². The van der Waals surface area contributed by atoms with Crippen LogP contribution in [0.5, 0.6) is 0 Å². The Labute approximate surface area is 114 Å². The van der Waals surface area contributed by atoms with Crippen LogP contribution in [0.2, 0.25) is 0 Å². The molecule has 2 aromatic rings. The number of benzene rings is 2. The van der Waals surface area contributed by atoms with Gasteiger partial charge in [-0.1, -0.05) is 68.1 Å². The Kier molecular flexibility index (Phi) is 3.63. The van der Waals surface area contributed by atoms with Gasteiger partial charge >= 0.3 is 0 Å². The van der Waals surface area contributed by atoms with E-state index in [0.717, 1.165) is 28.7 Å². The highest BCUT2D eigenvalue weighted by molar-refractivity contribution is 6.08. The van der Waals surface area contributed by atoms with E-state index in [0.29, 0.717) is 12.2 Å². The van der Waals surface area contributed by atoms with E-state index in [-0.39, 0.29) is 0 Å². The molecule has 0 spiro atoms. The predicted molar refractivity (Wildman–Crippen MR) is 79.5 cm³/mol. The lowest BCUT2D eigenvalue weighted by atomic mass is 9.95. The van der Waals surface area contributed by atoms with Gasteiger partial charge in [-0.2, -0.15) is 0 Å². The normalized spacial score (nSPS) is 16.0. The van der Waals surface area contributed by atoms with Crippen molar-refractivity contribution in [2.45, 2.75) is 38.5 Å². The summed E-state index contributed by atoms with van der Waals surface area (Å²) in [5, 5.41) is 2.26. The maximum Gasteiger partial charge on any atom is 0.163 e. The fourth-order valence-corrected chi connectivity index (χ4v) is 3.24. The maximum atomic E-state index is 12.4. The van der Waals surface area contributed by atoms with Crippen LogP contribution >= 0.6 is 0 Å². The van der Waals surface area contributed by atoms with Crippen molar-refractivity contribution >= 4 is 16.6 Å². The lowest BCUT2D eigenvalue weighted by Gasteiger charge is -2.09. The first-order valence-corrected chi connectivity index (χ1v) is 7.35. The molecule has 1 saturated carbocycles. The summed E-state index contributed by atoms with van der Waals surface area (Å²) in [6.45, 7) is 0.